The van der Waals surface area contributed by atoms with E-state index in [0.717, 1.165) is 24.6 Å². The molecule has 0 spiro atoms. The van der Waals surface area contributed by atoms with Crippen molar-refractivity contribution in [3.63, 3.8) is 0 Å². The smallest absolute Gasteiger partial charge is 0.218 e. The van der Waals surface area contributed by atoms with E-state index < -0.39 is 0 Å². The van der Waals surface area contributed by atoms with Crippen molar-refractivity contribution in [3.8, 4) is 5.88 Å². The van der Waals surface area contributed by atoms with Crippen molar-refractivity contribution in [2.24, 2.45) is 4.99 Å². The molecule has 2 aromatic heterocycles. The van der Waals surface area contributed by atoms with E-state index in [1.165, 1.54) is 11.1 Å². The van der Waals surface area contributed by atoms with Crippen molar-refractivity contribution in [2.75, 3.05) is 13.2 Å². The summed E-state index contributed by atoms with van der Waals surface area (Å²) in [6, 6.07) is 14.2. The van der Waals surface area contributed by atoms with Crippen molar-refractivity contribution < 1.29 is 4.74 Å². The van der Waals surface area contributed by atoms with E-state index in [2.05, 4.69) is 51.9 Å². The fourth-order valence-electron chi connectivity index (χ4n) is 2.95. The van der Waals surface area contributed by atoms with Crippen LogP contribution in [0.15, 0.2) is 66.0 Å². The number of guanidine groups is 1. The number of rotatable bonds is 9. The third-order valence-electron chi connectivity index (χ3n) is 4.34. The van der Waals surface area contributed by atoms with Crippen LogP contribution in [0.5, 0.6) is 5.88 Å². The Morgan fingerprint density at radius 2 is 1.83 bits per heavy atom. The molecule has 0 radical (unpaired) electrons. The first-order valence-electron chi connectivity index (χ1n) is 9.93. The highest BCUT2D eigenvalue weighted by Crippen LogP contribution is 2.15. The average Bonchev–Trinajstić information content (AvgIpc) is 3.25. The zero-order chi connectivity index (χ0) is 20.3. The third-order valence-corrected chi connectivity index (χ3v) is 4.34. The van der Waals surface area contributed by atoms with Gasteiger partial charge in [-0.3, -0.25) is 4.68 Å². The number of hydrogen-bond donors (Lipinski definition) is 2. The van der Waals surface area contributed by atoms with Crippen LogP contribution in [0.4, 0.5) is 0 Å². The van der Waals surface area contributed by atoms with Gasteiger partial charge < -0.3 is 15.4 Å². The molecule has 0 fully saturated rings. The molecule has 152 valence electrons. The molecule has 0 bridgehead atoms. The summed E-state index contributed by atoms with van der Waals surface area (Å²) >= 11 is 0. The lowest BCUT2D eigenvalue weighted by atomic mass is 10.1. The molecule has 0 unspecified atom stereocenters. The molecular weight excluding hydrogens is 364 g/mol. The summed E-state index contributed by atoms with van der Waals surface area (Å²) < 4.78 is 7.52. The lowest BCUT2D eigenvalue weighted by Gasteiger charge is -2.14. The van der Waals surface area contributed by atoms with Crippen LogP contribution in [-0.4, -0.2) is 33.9 Å². The van der Waals surface area contributed by atoms with E-state index >= 15 is 0 Å². The number of ether oxygens (including phenoxy) is 1. The minimum Gasteiger partial charge on any atom is -0.478 e. The number of nitrogens with zero attached hydrogens (tertiary/aromatic N) is 4. The van der Waals surface area contributed by atoms with E-state index in [0.29, 0.717) is 25.6 Å². The predicted molar refractivity (Wildman–Crippen MR) is 115 cm³/mol. The largest absolute Gasteiger partial charge is 0.478 e. The Bertz CT molecular complexity index is 907. The van der Waals surface area contributed by atoms with Crippen molar-refractivity contribution in [1.29, 1.82) is 0 Å². The van der Waals surface area contributed by atoms with E-state index in [1.54, 1.807) is 12.4 Å². The number of pyridine rings is 1. The van der Waals surface area contributed by atoms with Gasteiger partial charge in [-0.05, 0) is 37.1 Å². The van der Waals surface area contributed by atoms with Crippen molar-refractivity contribution >= 4 is 5.96 Å². The molecule has 3 aromatic rings. The van der Waals surface area contributed by atoms with Gasteiger partial charge in [0.05, 0.1) is 19.7 Å². The Balaban J connectivity index is 1.68. The first-order chi connectivity index (χ1) is 14.3. The molecule has 0 aliphatic carbocycles. The summed E-state index contributed by atoms with van der Waals surface area (Å²) in [7, 11) is 0. The van der Waals surface area contributed by atoms with Crippen LogP contribution in [0.3, 0.4) is 0 Å². The molecule has 1 aromatic carbocycles. The van der Waals surface area contributed by atoms with Crippen LogP contribution in [0.1, 0.15) is 30.5 Å². The van der Waals surface area contributed by atoms with Gasteiger partial charge in [0.2, 0.25) is 5.88 Å². The first kappa shape index (κ1) is 20.4. The summed E-state index contributed by atoms with van der Waals surface area (Å²) in [5.41, 5.74) is 3.40. The van der Waals surface area contributed by atoms with Crippen molar-refractivity contribution in [3.05, 3.63) is 77.7 Å². The topological polar surface area (TPSA) is 76.4 Å². The Labute approximate surface area is 171 Å². The van der Waals surface area contributed by atoms with Gasteiger partial charge in [-0.15, -0.1) is 0 Å². The van der Waals surface area contributed by atoms with Crippen LogP contribution >= 0.6 is 0 Å². The standard InChI is InChI=1S/C22H28N6O/c1-3-23-22(26-16-19-11-7-12-24-21(19)29-4-2)25-15-18-9-5-6-10-20(18)17-28-14-8-13-27-28/h5-14H,3-4,15-17H2,1-2H3,(H2,23,25,26). The van der Waals surface area contributed by atoms with E-state index in [-0.39, 0.29) is 0 Å². The van der Waals surface area contributed by atoms with Gasteiger partial charge in [0, 0.05) is 37.2 Å². The molecule has 0 aliphatic rings. The van der Waals surface area contributed by atoms with Gasteiger partial charge >= 0.3 is 0 Å². The minimum absolute atomic E-state index is 0.493. The lowest BCUT2D eigenvalue weighted by Crippen LogP contribution is -2.37. The normalized spacial score (nSPS) is 11.3. The van der Waals surface area contributed by atoms with Gasteiger partial charge in [0.25, 0.3) is 0 Å². The molecule has 0 aliphatic heterocycles. The Morgan fingerprint density at radius 3 is 2.59 bits per heavy atom. The fourth-order valence-corrected chi connectivity index (χ4v) is 2.95. The lowest BCUT2D eigenvalue weighted by molar-refractivity contribution is 0.323. The highest BCUT2D eigenvalue weighted by atomic mass is 16.5. The summed E-state index contributed by atoms with van der Waals surface area (Å²) in [6.45, 7) is 7.28. The molecule has 0 amide bonds. The van der Waals surface area contributed by atoms with Crippen LogP contribution in [-0.2, 0) is 19.6 Å². The van der Waals surface area contributed by atoms with Crippen LogP contribution < -0.4 is 15.4 Å². The third kappa shape index (κ3) is 6.07. The highest BCUT2D eigenvalue weighted by molar-refractivity contribution is 5.79. The van der Waals surface area contributed by atoms with Gasteiger partial charge in [0.15, 0.2) is 5.96 Å². The number of aliphatic imine (C=N–C) groups is 1. The number of nitrogens with one attached hydrogen (secondary N) is 2. The summed E-state index contributed by atoms with van der Waals surface area (Å²) in [4.78, 5) is 9.00. The number of hydrogen-bond acceptors (Lipinski definition) is 4. The molecule has 0 saturated carbocycles. The zero-order valence-corrected chi connectivity index (χ0v) is 17.0. The predicted octanol–water partition coefficient (Wildman–Crippen LogP) is 2.98. The van der Waals surface area contributed by atoms with Gasteiger partial charge in [-0.1, -0.05) is 30.3 Å². The quantitative estimate of drug-likeness (QED) is 0.432. The number of aromatic nitrogens is 3. The summed E-state index contributed by atoms with van der Waals surface area (Å²) in [5.74, 6) is 1.40. The van der Waals surface area contributed by atoms with Crippen LogP contribution in [0, 0.1) is 0 Å². The van der Waals surface area contributed by atoms with E-state index in [1.807, 2.05) is 36.0 Å². The molecule has 3 rings (SSSR count). The molecular formula is C22H28N6O. The van der Waals surface area contributed by atoms with E-state index in [9.17, 15) is 0 Å². The van der Waals surface area contributed by atoms with Crippen molar-refractivity contribution in [1.82, 2.24) is 25.4 Å². The Kier molecular flexibility index (Phi) is 7.63. The second-order valence-corrected chi connectivity index (χ2v) is 6.42. The summed E-state index contributed by atoms with van der Waals surface area (Å²) in [5, 5.41) is 11.0. The second kappa shape index (κ2) is 10.8. The monoisotopic (exact) mass is 392 g/mol. The SMILES string of the molecule is CCNC(=NCc1cccnc1OCC)NCc1ccccc1Cn1cccn1. The molecule has 7 heteroatoms. The maximum atomic E-state index is 5.59. The molecule has 0 saturated heterocycles. The Morgan fingerprint density at radius 1 is 1.00 bits per heavy atom. The van der Waals surface area contributed by atoms with Crippen molar-refractivity contribution in [2.45, 2.75) is 33.5 Å². The van der Waals surface area contributed by atoms with Crippen LogP contribution in [0.25, 0.3) is 0 Å². The molecule has 7 nitrogen and oxygen atoms in total. The maximum absolute atomic E-state index is 5.59. The van der Waals surface area contributed by atoms with Gasteiger partial charge in [0.1, 0.15) is 0 Å². The summed E-state index contributed by atoms with van der Waals surface area (Å²) in [6.07, 6.45) is 5.50. The molecule has 0 atom stereocenters. The fraction of sp³-hybridized carbons (Fsp3) is 0.318. The number of benzene rings is 1. The van der Waals surface area contributed by atoms with Crippen LogP contribution in [0.2, 0.25) is 0 Å². The molecule has 2 N–H and O–H groups in total. The highest BCUT2D eigenvalue weighted by Gasteiger charge is 2.07. The minimum atomic E-state index is 0.493. The Hall–Kier alpha value is -3.35. The van der Waals surface area contributed by atoms with Gasteiger partial charge in [-0.2, -0.15) is 5.10 Å². The first-order valence-corrected chi connectivity index (χ1v) is 9.93. The zero-order valence-electron chi connectivity index (χ0n) is 17.0. The van der Waals surface area contributed by atoms with Gasteiger partial charge in [-0.25, -0.2) is 9.98 Å². The molecule has 29 heavy (non-hydrogen) atoms. The average molecular weight is 393 g/mol. The maximum Gasteiger partial charge on any atom is 0.218 e. The molecule has 2 heterocycles. The van der Waals surface area contributed by atoms with E-state index in [4.69, 9.17) is 9.73 Å². The second-order valence-electron chi connectivity index (χ2n) is 6.42.